The average Bonchev–Trinajstić information content (AvgIpc) is 3.27. The van der Waals surface area contributed by atoms with Crippen molar-refractivity contribution in [1.82, 2.24) is 8.87 Å². The number of nitrogens with zero attached hydrogens (tertiary/aromatic N) is 2. The molecule has 4 rings (SSSR count). The smallest absolute Gasteiger partial charge is 0.419 e. The van der Waals surface area contributed by atoms with Crippen LogP contribution in [-0.4, -0.2) is 30.9 Å². The van der Waals surface area contributed by atoms with Gasteiger partial charge in [-0.25, -0.2) is 13.2 Å². The van der Waals surface area contributed by atoms with Gasteiger partial charge in [-0.1, -0.05) is 12.1 Å². The first-order valence-electron chi connectivity index (χ1n) is 8.67. The third-order valence-electron chi connectivity index (χ3n) is 5.05. The SMILES string of the molecule is COc1cccc(C2CCCN2S(=O)(=O)c2ccc3c(c2)oc(=O)n3C)c1. The summed E-state index contributed by atoms with van der Waals surface area (Å²) in [6.45, 7) is 0.445. The third-order valence-corrected chi connectivity index (χ3v) is 6.96. The van der Waals surface area contributed by atoms with Gasteiger partial charge in [-0.05, 0) is 42.7 Å². The van der Waals surface area contributed by atoms with Crippen LogP contribution in [-0.2, 0) is 17.1 Å². The van der Waals surface area contributed by atoms with Crippen LogP contribution in [0.25, 0.3) is 11.1 Å². The number of oxazole rings is 1. The van der Waals surface area contributed by atoms with Gasteiger partial charge in [0, 0.05) is 19.7 Å². The average molecular weight is 388 g/mol. The van der Waals surface area contributed by atoms with Gasteiger partial charge in [-0.15, -0.1) is 0 Å². The molecule has 1 atom stereocenters. The molecule has 8 heteroatoms. The molecule has 142 valence electrons. The Morgan fingerprint density at radius 2 is 2.00 bits per heavy atom. The van der Waals surface area contributed by atoms with Crippen LogP contribution in [0.15, 0.2) is 56.6 Å². The normalized spacial score (nSPS) is 18.2. The molecule has 1 saturated heterocycles. The maximum absolute atomic E-state index is 13.3. The molecule has 0 radical (unpaired) electrons. The van der Waals surface area contributed by atoms with Crippen LogP contribution in [0.2, 0.25) is 0 Å². The van der Waals surface area contributed by atoms with Gasteiger partial charge in [0.25, 0.3) is 0 Å². The number of benzene rings is 2. The number of aryl methyl sites for hydroxylation is 1. The van der Waals surface area contributed by atoms with Crippen molar-refractivity contribution in [2.45, 2.75) is 23.8 Å². The molecule has 1 unspecified atom stereocenters. The van der Waals surface area contributed by atoms with Gasteiger partial charge in [0.2, 0.25) is 10.0 Å². The molecule has 0 N–H and O–H groups in total. The van der Waals surface area contributed by atoms with Crippen LogP contribution in [0.5, 0.6) is 5.75 Å². The maximum Gasteiger partial charge on any atom is 0.419 e. The van der Waals surface area contributed by atoms with E-state index < -0.39 is 15.8 Å². The lowest BCUT2D eigenvalue weighted by molar-refractivity contribution is 0.390. The van der Waals surface area contributed by atoms with Crippen LogP contribution in [0.3, 0.4) is 0 Å². The minimum atomic E-state index is -3.73. The van der Waals surface area contributed by atoms with E-state index in [0.29, 0.717) is 17.8 Å². The highest BCUT2D eigenvalue weighted by Crippen LogP contribution is 2.37. The summed E-state index contributed by atoms with van der Waals surface area (Å²) in [6.07, 6.45) is 1.53. The first-order valence-corrected chi connectivity index (χ1v) is 10.1. The fraction of sp³-hybridized carbons (Fsp3) is 0.316. The van der Waals surface area contributed by atoms with E-state index in [-0.39, 0.29) is 16.5 Å². The fourth-order valence-corrected chi connectivity index (χ4v) is 5.32. The molecule has 27 heavy (non-hydrogen) atoms. The summed E-state index contributed by atoms with van der Waals surface area (Å²) in [4.78, 5) is 11.8. The van der Waals surface area contributed by atoms with E-state index in [9.17, 15) is 13.2 Å². The zero-order chi connectivity index (χ0) is 19.2. The van der Waals surface area contributed by atoms with Crippen LogP contribution in [0, 0.1) is 0 Å². The molecule has 1 fully saturated rings. The molecule has 1 aliphatic heterocycles. The molecule has 2 heterocycles. The molecular weight excluding hydrogens is 368 g/mol. The summed E-state index contributed by atoms with van der Waals surface area (Å²) in [5, 5.41) is 0. The topological polar surface area (TPSA) is 81.8 Å². The van der Waals surface area contributed by atoms with Crippen LogP contribution in [0.1, 0.15) is 24.4 Å². The molecule has 0 aliphatic carbocycles. The highest BCUT2D eigenvalue weighted by Gasteiger charge is 2.36. The largest absolute Gasteiger partial charge is 0.497 e. The number of ether oxygens (including phenoxy) is 1. The first kappa shape index (κ1) is 17.8. The maximum atomic E-state index is 13.3. The van der Waals surface area contributed by atoms with E-state index in [2.05, 4.69) is 0 Å². The second-order valence-corrected chi connectivity index (χ2v) is 8.50. The van der Waals surface area contributed by atoms with Gasteiger partial charge in [0.1, 0.15) is 5.75 Å². The molecule has 0 spiro atoms. The van der Waals surface area contributed by atoms with Crippen molar-refractivity contribution >= 4 is 21.1 Å². The zero-order valence-electron chi connectivity index (χ0n) is 15.1. The van der Waals surface area contributed by atoms with Crippen LogP contribution in [0.4, 0.5) is 0 Å². The number of hydrogen-bond donors (Lipinski definition) is 0. The lowest BCUT2D eigenvalue weighted by Gasteiger charge is -2.24. The van der Waals surface area contributed by atoms with Gasteiger partial charge >= 0.3 is 5.76 Å². The van der Waals surface area contributed by atoms with Crippen molar-refractivity contribution in [3.8, 4) is 5.75 Å². The van der Waals surface area contributed by atoms with E-state index in [4.69, 9.17) is 9.15 Å². The number of sulfonamides is 1. The minimum absolute atomic E-state index is 0.124. The highest BCUT2D eigenvalue weighted by atomic mass is 32.2. The molecule has 0 saturated carbocycles. The van der Waals surface area contributed by atoms with Crippen molar-refractivity contribution in [3.05, 3.63) is 58.6 Å². The summed E-state index contributed by atoms with van der Waals surface area (Å²) >= 11 is 0. The second-order valence-electron chi connectivity index (χ2n) is 6.61. The van der Waals surface area contributed by atoms with E-state index in [1.165, 1.54) is 21.0 Å². The van der Waals surface area contributed by atoms with E-state index in [1.54, 1.807) is 20.2 Å². The number of methoxy groups -OCH3 is 1. The van der Waals surface area contributed by atoms with Crippen molar-refractivity contribution in [3.63, 3.8) is 0 Å². The van der Waals surface area contributed by atoms with Gasteiger partial charge in [0.05, 0.1) is 23.6 Å². The minimum Gasteiger partial charge on any atom is -0.497 e. The van der Waals surface area contributed by atoms with Gasteiger partial charge < -0.3 is 9.15 Å². The molecule has 7 nitrogen and oxygen atoms in total. The highest BCUT2D eigenvalue weighted by molar-refractivity contribution is 7.89. The van der Waals surface area contributed by atoms with E-state index >= 15 is 0 Å². The Morgan fingerprint density at radius 3 is 2.78 bits per heavy atom. The Labute approximate surface area is 156 Å². The predicted octanol–water partition coefficient (Wildman–Crippen LogP) is 2.67. The summed E-state index contributed by atoms with van der Waals surface area (Å²) < 4.78 is 39.8. The monoisotopic (exact) mass is 388 g/mol. The number of fused-ring (bicyclic) bond motifs is 1. The fourth-order valence-electron chi connectivity index (χ4n) is 3.62. The van der Waals surface area contributed by atoms with Crippen molar-refractivity contribution in [2.24, 2.45) is 7.05 Å². The molecule has 2 aromatic carbocycles. The molecular formula is C19H20N2O5S. The number of rotatable bonds is 4. The molecule has 1 aromatic heterocycles. The third kappa shape index (κ3) is 2.94. The van der Waals surface area contributed by atoms with Gasteiger partial charge in [0.15, 0.2) is 5.58 Å². The zero-order valence-corrected chi connectivity index (χ0v) is 15.9. The van der Waals surface area contributed by atoms with Crippen molar-refractivity contribution < 1.29 is 17.6 Å². The quantitative estimate of drug-likeness (QED) is 0.686. The summed E-state index contributed by atoms with van der Waals surface area (Å²) in [7, 11) is -0.556. The number of hydrogen-bond acceptors (Lipinski definition) is 5. The standard InChI is InChI=1S/C19H20N2O5S/c1-20-17-9-8-15(12-18(17)26-19(20)22)27(23,24)21-10-4-7-16(21)13-5-3-6-14(11-13)25-2/h3,5-6,8-9,11-12,16H,4,7,10H2,1-2H3. The predicted molar refractivity (Wildman–Crippen MR) is 100 cm³/mol. The van der Waals surface area contributed by atoms with Gasteiger partial charge in [-0.2, -0.15) is 4.31 Å². The van der Waals surface area contributed by atoms with E-state index in [0.717, 1.165) is 18.4 Å². The van der Waals surface area contributed by atoms with Crippen molar-refractivity contribution in [1.29, 1.82) is 0 Å². The molecule has 0 bridgehead atoms. The van der Waals surface area contributed by atoms with Crippen molar-refractivity contribution in [2.75, 3.05) is 13.7 Å². The van der Waals surface area contributed by atoms with Crippen LogP contribution < -0.4 is 10.5 Å². The summed E-state index contributed by atoms with van der Waals surface area (Å²) in [6, 6.07) is 11.8. The Bertz CT molecular complexity index is 1160. The van der Waals surface area contributed by atoms with E-state index in [1.807, 2.05) is 24.3 Å². The molecule has 1 aliphatic rings. The lowest BCUT2D eigenvalue weighted by atomic mass is 10.1. The Balaban J connectivity index is 1.75. The second kappa shape index (κ2) is 6.54. The Hall–Kier alpha value is -2.58. The molecule has 3 aromatic rings. The Morgan fingerprint density at radius 1 is 1.19 bits per heavy atom. The first-order chi connectivity index (χ1) is 12.9. The molecule has 0 amide bonds. The summed E-state index contributed by atoms with van der Waals surface area (Å²) in [5.74, 6) is 0.180. The van der Waals surface area contributed by atoms with Crippen LogP contribution >= 0.6 is 0 Å². The Kier molecular flexibility index (Phi) is 4.32. The van der Waals surface area contributed by atoms with Gasteiger partial charge in [-0.3, -0.25) is 4.57 Å². The summed E-state index contributed by atoms with van der Waals surface area (Å²) in [5.41, 5.74) is 1.73. The lowest BCUT2D eigenvalue weighted by Crippen LogP contribution is -2.30. The number of aromatic nitrogens is 1.